The van der Waals surface area contributed by atoms with E-state index in [1.54, 1.807) is 31.2 Å². The molecule has 0 aliphatic rings. The van der Waals surface area contributed by atoms with Gasteiger partial charge in [-0.2, -0.15) is 5.10 Å². The summed E-state index contributed by atoms with van der Waals surface area (Å²) < 4.78 is 0. The van der Waals surface area contributed by atoms with Crippen LogP contribution in [-0.2, 0) is 0 Å². The second-order valence-corrected chi connectivity index (χ2v) is 5.05. The Balaban J connectivity index is 2.16. The Hall–Kier alpha value is -3.75. The van der Waals surface area contributed by atoms with E-state index in [2.05, 4.69) is 15.5 Å². The standard InChI is InChI=1S/C16H16N6O3/c1-10(20-21-16(17)18)12-3-2-4-13(9-12)19-15(23)11-5-7-14(8-6-11)22(24)25/h2-9H,1H3,(H,19,23)(H4,17,18,21). The van der Waals surface area contributed by atoms with Gasteiger partial charge in [0, 0.05) is 23.4 Å². The van der Waals surface area contributed by atoms with Crippen LogP contribution >= 0.6 is 0 Å². The van der Waals surface area contributed by atoms with Crippen LogP contribution < -0.4 is 16.8 Å². The van der Waals surface area contributed by atoms with Gasteiger partial charge in [0.25, 0.3) is 11.6 Å². The van der Waals surface area contributed by atoms with Crippen LogP contribution in [0.4, 0.5) is 11.4 Å². The van der Waals surface area contributed by atoms with Gasteiger partial charge >= 0.3 is 0 Å². The minimum atomic E-state index is -0.524. The molecule has 0 atom stereocenters. The largest absolute Gasteiger partial charge is 0.369 e. The number of carbonyl (C=O) groups excluding carboxylic acids is 1. The highest BCUT2D eigenvalue weighted by Crippen LogP contribution is 2.16. The maximum absolute atomic E-state index is 12.2. The number of nitrogens with one attached hydrogen (secondary N) is 1. The minimum Gasteiger partial charge on any atom is -0.369 e. The normalized spacial score (nSPS) is 10.8. The van der Waals surface area contributed by atoms with E-state index in [0.29, 0.717) is 17.0 Å². The zero-order valence-corrected chi connectivity index (χ0v) is 13.3. The third kappa shape index (κ3) is 4.86. The van der Waals surface area contributed by atoms with Gasteiger partial charge in [-0.05, 0) is 36.8 Å². The Morgan fingerprint density at radius 3 is 2.36 bits per heavy atom. The molecule has 0 radical (unpaired) electrons. The molecule has 9 heteroatoms. The monoisotopic (exact) mass is 340 g/mol. The van der Waals surface area contributed by atoms with E-state index in [-0.39, 0.29) is 17.6 Å². The van der Waals surface area contributed by atoms with Crippen molar-refractivity contribution in [1.82, 2.24) is 0 Å². The number of nitrogens with two attached hydrogens (primary N) is 2. The Labute approximate surface area is 143 Å². The molecule has 0 unspecified atom stereocenters. The van der Waals surface area contributed by atoms with Crippen LogP contribution in [0.25, 0.3) is 0 Å². The molecule has 2 rings (SSSR count). The fourth-order valence-electron chi connectivity index (χ4n) is 1.95. The first-order chi connectivity index (χ1) is 11.9. The Morgan fingerprint density at radius 2 is 1.76 bits per heavy atom. The molecule has 0 saturated carbocycles. The van der Waals surface area contributed by atoms with Gasteiger partial charge in [0.05, 0.1) is 10.6 Å². The Morgan fingerprint density at radius 1 is 1.08 bits per heavy atom. The zero-order valence-electron chi connectivity index (χ0n) is 13.3. The Bertz CT molecular complexity index is 854. The molecule has 0 aliphatic heterocycles. The van der Waals surface area contributed by atoms with E-state index in [1.807, 2.05) is 0 Å². The van der Waals surface area contributed by atoms with Crippen molar-refractivity contribution in [2.24, 2.45) is 21.7 Å². The number of nitro groups is 1. The second-order valence-electron chi connectivity index (χ2n) is 5.05. The lowest BCUT2D eigenvalue weighted by Crippen LogP contribution is -2.22. The van der Waals surface area contributed by atoms with Crippen molar-refractivity contribution < 1.29 is 9.72 Å². The summed E-state index contributed by atoms with van der Waals surface area (Å²) in [6, 6.07) is 12.3. The van der Waals surface area contributed by atoms with Crippen molar-refractivity contribution in [3.05, 3.63) is 69.8 Å². The zero-order chi connectivity index (χ0) is 18.4. The average Bonchev–Trinajstić information content (AvgIpc) is 2.59. The van der Waals surface area contributed by atoms with Gasteiger partial charge in [0.2, 0.25) is 5.96 Å². The first kappa shape index (κ1) is 17.6. The van der Waals surface area contributed by atoms with Gasteiger partial charge < -0.3 is 16.8 Å². The molecule has 0 aliphatic carbocycles. The molecule has 2 aromatic rings. The number of hydrogen-bond donors (Lipinski definition) is 3. The van der Waals surface area contributed by atoms with Gasteiger partial charge in [-0.3, -0.25) is 14.9 Å². The van der Waals surface area contributed by atoms with Gasteiger partial charge in [-0.1, -0.05) is 12.1 Å². The quantitative estimate of drug-likeness (QED) is 0.328. The predicted octanol–water partition coefficient (Wildman–Crippen LogP) is 1.84. The van der Waals surface area contributed by atoms with E-state index in [9.17, 15) is 14.9 Å². The lowest BCUT2D eigenvalue weighted by molar-refractivity contribution is -0.384. The topological polar surface area (TPSA) is 149 Å². The number of amides is 1. The van der Waals surface area contributed by atoms with E-state index in [1.165, 1.54) is 24.3 Å². The molecular formula is C16H16N6O3. The molecule has 0 spiro atoms. The van der Waals surface area contributed by atoms with E-state index >= 15 is 0 Å². The number of nitrogens with zero attached hydrogens (tertiary/aromatic N) is 3. The number of carbonyl (C=O) groups is 1. The molecular weight excluding hydrogens is 324 g/mol. The van der Waals surface area contributed by atoms with Crippen LogP contribution in [0.1, 0.15) is 22.8 Å². The summed E-state index contributed by atoms with van der Waals surface area (Å²) in [5.41, 5.74) is 12.5. The van der Waals surface area contributed by atoms with Crippen molar-refractivity contribution in [1.29, 1.82) is 0 Å². The van der Waals surface area contributed by atoms with Crippen LogP contribution in [0.3, 0.4) is 0 Å². The highest BCUT2D eigenvalue weighted by Gasteiger charge is 2.10. The molecule has 5 N–H and O–H groups in total. The highest BCUT2D eigenvalue weighted by molar-refractivity contribution is 6.05. The fraction of sp³-hybridized carbons (Fsp3) is 0.0625. The van der Waals surface area contributed by atoms with Crippen molar-refractivity contribution in [3.8, 4) is 0 Å². The van der Waals surface area contributed by atoms with Crippen LogP contribution in [0.15, 0.2) is 58.7 Å². The van der Waals surface area contributed by atoms with Crippen molar-refractivity contribution in [2.75, 3.05) is 5.32 Å². The summed E-state index contributed by atoms with van der Waals surface area (Å²) in [6.45, 7) is 1.73. The number of nitro benzene ring substituents is 1. The van der Waals surface area contributed by atoms with E-state index in [0.717, 1.165) is 5.56 Å². The number of non-ortho nitro benzene ring substituents is 1. The van der Waals surface area contributed by atoms with Crippen molar-refractivity contribution in [2.45, 2.75) is 6.92 Å². The van der Waals surface area contributed by atoms with Gasteiger partial charge in [0.1, 0.15) is 0 Å². The summed E-state index contributed by atoms with van der Waals surface area (Å²) >= 11 is 0. The molecule has 9 nitrogen and oxygen atoms in total. The molecule has 2 aromatic carbocycles. The first-order valence-corrected chi connectivity index (χ1v) is 7.16. The second kappa shape index (κ2) is 7.68. The van der Waals surface area contributed by atoms with Crippen LogP contribution in [-0.4, -0.2) is 22.5 Å². The molecule has 0 saturated heterocycles. The number of rotatable bonds is 5. The van der Waals surface area contributed by atoms with Crippen LogP contribution in [0.2, 0.25) is 0 Å². The average molecular weight is 340 g/mol. The minimum absolute atomic E-state index is 0.0786. The molecule has 128 valence electrons. The molecule has 0 bridgehead atoms. The van der Waals surface area contributed by atoms with Gasteiger partial charge in [0.15, 0.2) is 0 Å². The highest BCUT2D eigenvalue weighted by atomic mass is 16.6. The maximum atomic E-state index is 12.2. The maximum Gasteiger partial charge on any atom is 0.269 e. The van der Waals surface area contributed by atoms with Crippen molar-refractivity contribution in [3.63, 3.8) is 0 Å². The third-order valence-corrected chi connectivity index (χ3v) is 3.19. The molecule has 0 aromatic heterocycles. The Kier molecular flexibility index (Phi) is 5.41. The summed E-state index contributed by atoms with van der Waals surface area (Å²) in [4.78, 5) is 22.3. The summed E-state index contributed by atoms with van der Waals surface area (Å²) in [5.74, 6) is -0.534. The van der Waals surface area contributed by atoms with Crippen LogP contribution in [0.5, 0.6) is 0 Å². The predicted molar refractivity (Wildman–Crippen MR) is 95.5 cm³/mol. The first-order valence-electron chi connectivity index (χ1n) is 7.16. The summed E-state index contributed by atoms with van der Waals surface area (Å²) in [5, 5.41) is 20.8. The number of benzene rings is 2. The number of guanidine groups is 1. The van der Waals surface area contributed by atoms with Crippen LogP contribution in [0, 0.1) is 10.1 Å². The SMILES string of the molecule is CC(=NN=C(N)N)c1cccc(NC(=O)c2ccc([N+](=O)[O-])cc2)c1. The number of hydrogen-bond acceptors (Lipinski definition) is 5. The third-order valence-electron chi connectivity index (χ3n) is 3.19. The lowest BCUT2D eigenvalue weighted by atomic mass is 10.1. The lowest BCUT2D eigenvalue weighted by Gasteiger charge is -2.07. The molecule has 0 fully saturated rings. The van der Waals surface area contributed by atoms with Crippen molar-refractivity contribution >= 4 is 29.0 Å². The van der Waals surface area contributed by atoms with Gasteiger partial charge in [-0.15, -0.1) is 5.10 Å². The molecule has 0 heterocycles. The fourth-order valence-corrected chi connectivity index (χ4v) is 1.95. The van der Waals surface area contributed by atoms with Gasteiger partial charge in [-0.25, -0.2) is 0 Å². The number of anilines is 1. The summed E-state index contributed by atoms with van der Waals surface area (Å²) in [7, 11) is 0. The van der Waals surface area contributed by atoms with E-state index < -0.39 is 4.92 Å². The van der Waals surface area contributed by atoms with E-state index in [4.69, 9.17) is 11.5 Å². The summed E-state index contributed by atoms with van der Waals surface area (Å²) in [6.07, 6.45) is 0. The molecule has 25 heavy (non-hydrogen) atoms. The molecule has 1 amide bonds. The smallest absolute Gasteiger partial charge is 0.269 e.